The quantitative estimate of drug-likeness (QED) is 0.817. The molecule has 0 bridgehead atoms. The first-order chi connectivity index (χ1) is 9.55. The third kappa shape index (κ3) is 4.21. The molecule has 2 heteroatoms. The lowest BCUT2D eigenvalue weighted by molar-refractivity contribution is 0.0318. The highest BCUT2D eigenvalue weighted by Gasteiger charge is 2.37. The Labute approximate surface area is 126 Å². The van der Waals surface area contributed by atoms with Gasteiger partial charge in [0.15, 0.2) is 0 Å². The van der Waals surface area contributed by atoms with Gasteiger partial charge in [-0.05, 0) is 62.9 Å². The zero-order valence-corrected chi connectivity index (χ0v) is 14.3. The molecule has 1 N–H and O–H groups in total. The van der Waals surface area contributed by atoms with Crippen LogP contribution >= 0.6 is 0 Å². The van der Waals surface area contributed by atoms with Gasteiger partial charge in [0.05, 0.1) is 0 Å². The van der Waals surface area contributed by atoms with E-state index in [1.807, 2.05) is 0 Å². The maximum atomic E-state index is 3.85. The predicted octanol–water partition coefficient (Wildman–Crippen LogP) is 4.06. The van der Waals surface area contributed by atoms with E-state index in [9.17, 15) is 0 Å². The number of nitrogens with one attached hydrogen (secondary N) is 1. The molecule has 1 aliphatic carbocycles. The second-order valence-corrected chi connectivity index (χ2v) is 7.95. The third-order valence-corrected chi connectivity index (χ3v) is 5.56. The van der Waals surface area contributed by atoms with Gasteiger partial charge >= 0.3 is 0 Å². The zero-order valence-electron chi connectivity index (χ0n) is 14.3. The Morgan fingerprint density at radius 3 is 2.65 bits per heavy atom. The number of piperidine rings is 1. The largest absolute Gasteiger partial charge is 0.312 e. The van der Waals surface area contributed by atoms with Crippen molar-refractivity contribution in [1.82, 2.24) is 10.2 Å². The summed E-state index contributed by atoms with van der Waals surface area (Å²) in [6.07, 6.45) is 9.67. The fraction of sp³-hybridized carbons (Fsp3) is 1.00. The number of nitrogens with zero attached hydrogens (tertiary/aromatic N) is 1. The molecule has 1 heterocycles. The van der Waals surface area contributed by atoms with Crippen molar-refractivity contribution in [2.24, 2.45) is 11.3 Å². The normalized spacial score (nSPS) is 35.1. The number of likely N-dealkylation sites (tertiary alicyclic amines) is 1. The fourth-order valence-electron chi connectivity index (χ4n) is 4.33. The minimum atomic E-state index is 0.521. The molecule has 0 aromatic heterocycles. The average Bonchev–Trinajstić information content (AvgIpc) is 2.44. The average molecular weight is 280 g/mol. The molecule has 2 fully saturated rings. The van der Waals surface area contributed by atoms with Crippen LogP contribution in [0.15, 0.2) is 0 Å². The first kappa shape index (κ1) is 16.3. The van der Waals surface area contributed by atoms with Crippen molar-refractivity contribution in [3.63, 3.8) is 0 Å². The van der Waals surface area contributed by atoms with Crippen LogP contribution in [0.2, 0.25) is 0 Å². The summed E-state index contributed by atoms with van der Waals surface area (Å²) in [5, 5.41) is 3.85. The van der Waals surface area contributed by atoms with Gasteiger partial charge in [0, 0.05) is 18.6 Å². The molecule has 0 aromatic rings. The van der Waals surface area contributed by atoms with Crippen LogP contribution in [0.4, 0.5) is 0 Å². The summed E-state index contributed by atoms with van der Waals surface area (Å²) in [7, 11) is 0. The summed E-state index contributed by atoms with van der Waals surface area (Å²) >= 11 is 0. The highest BCUT2D eigenvalue weighted by atomic mass is 15.2. The summed E-state index contributed by atoms with van der Waals surface area (Å²) in [5.41, 5.74) is 0.521. The van der Waals surface area contributed by atoms with E-state index in [1.54, 1.807) is 0 Å². The minimum absolute atomic E-state index is 0.521. The van der Waals surface area contributed by atoms with Crippen LogP contribution in [-0.2, 0) is 0 Å². The lowest BCUT2D eigenvalue weighted by atomic mass is 9.77. The summed E-state index contributed by atoms with van der Waals surface area (Å²) in [5.74, 6) is 0.963. The molecule has 0 spiro atoms. The Morgan fingerprint density at radius 2 is 2.00 bits per heavy atom. The molecular weight excluding hydrogens is 244 g/mol. The maximum Gasteiger partial charge on any atom is 0.0252 e. The lowest BCUT2D eigenvalue weighted by Crippen LogP contribution is -2.56. The van der Waals surface area contributed by atoms with Crippen LogP contribution in [0.1, 0.15) is 72.6 Å². The molecule has 1 saturated heterocycles. The Kier molecular flexibility index (Phi) is 5.92. The van der Waals surface area contributed by atoms with E-state index in [2.05, 4.69) is 37.9 Å². The van der Waals surface area contributed by atoms with Gasteiger partial charge in [-0.2, -0.15) is 0 Å². The molecule has 2 aliphatic rings. The van der Waals surface area contributed by atoms with Gasteiger partial charge in [-0.25, -0.2) is 0 Å². The van der Waals surface area contributed by atoms with E-state index in [1.165, 1.54) is 64.6 Å². The second-order valence-electron chi connectivity index (χ2n) is 7.95. The molecule has 0 amide bonds. The topological polar surface area (TPSA) is 15.3 Å². The maximum absolute atomic E-state index is 3.85. The van der Waals surface area contributed by atoms with Gasteiger partial charge in [0.2, 0.25) is 0 Å². The Bertz CT molecular complexity index is 287. The smallest absolute Gasteiger partial charge is 0.0252 e. The van der Waals surface area contributed by atoms with Gasteiger partial charge in [0.25, 0.3) is 0 Å². The van der Waals surface area contributed by atoms with Crippen molar-refractivity contribution in [1.29, 1.82) is 0 Å². The van der Waals surface area contributed by atoms with E-state index in [4.69, 9.17) is 0 Å². The summed E-state index contributed by atoms with van der Waals surface area (Å²) in [6, 6.07) is 1.53. The van der Waals surface area contributed by atoms with E-state index in [-0.39, 0.29) is 0 Å². The van der Waals surface area contributed by atoms with E-state index >= 15 is 0 Å². The van der Waals surface area contributed by atoms with Crippen LogP contribution in [0.25, 0.3) is 0 Å². The van der Waals surface area contributed by atoms with E-state index < -0.39 is 0 Å². The molecule has 3 unspecified atom stereocenters. The van der Waals surface area contributed by atoms with Gasteiger partial charge in [0.1, 0.15) is 0 Å². The van der Waals surface area contributed by atoms with Crippen LogP contribution in [-0.4, -0.2) is 36.6 Å². The van der Waals surface area contributed by atoms with Crippen molar-refractivity contribution in [3.8, 4) is 0 Å². The van der Waals surface area contributed by atoms with Crippen LogP contribution in [0.3, 0.4) is 0 Å². The van der Waals surface area contributed by atoms with Crippen molar-refractivity contribution in [2.45, 2.75) is 84.7 Å². The number of hydrogen-bond acceptors (Lipinski definition) is 2. The van der Waals surface area contributed by atoms with Crippen molar-refractivity contribution in [2.75, 3.05) is 19.6 Å². The van der Waals surface area contributed by atoms with Crippen molar-refractivity contribution >= 4 is 0 Å². The van der Waals surface area contributed by atoms with Crippen molar-refractivity contribution in [3.05, 3.63) is 0 Å². The molecule has 2 nitrogen and oxygen atoms in total. The standard InChI is InChI=1S/C18H36N2/c1-5-11-19-16-9-8-15(6-2)13-17(16)20-12-7-10-18(3,4)14-20/h15-17,19H,5-14H2,1-4H3. The van der Waals surface area contributed by atoms with Crippen LogP contribution < -0.4 is 5.32 Å². The van der Waals surface area contributed by atoms with E-state index in [0.717, 1.165) is 18.0 Å². The Hall–Kier alpha value is -0.0800. The van der Waals surface area contributed by atoms with Gasteiger partial charge in [-0.3, -0.25) is 4.90 Å². The monoisotopic (exact) mass is 280 g/mol. The van der Waals surface area contributed by atoms with Crippen LogP contribution in [0.5, 0.6) is 0 Å². The Morgan fingerprint density at radius 1 is 1.20 bits per heavy atom. The summed E-state index contributed by atoms with van der Waals surface area (Å²) in [4.78, 5) is 2.83. The van der Waals surface area contributed by atoms with Gasteiger partial charge in [-0.15, -0.1) is 0 Å². The predicted molar refractivity (Wildman–Crippen MR) is 88.1 cm³/mol. The molecular formula is C18H36N2. The zero-order chi connectivity index (χ0) is 14.6. The minimum Gasteiger partial charge on any atom is -0.312 e. The molecule has 118 valence electrons. The Balaban J connectivity index is 2.01. The van der Waals surface area contributed by atoms with Gasteiger partial charge < -0.3 is 5.32 Å². The molecule has 3 atom stereocenters. The highest BCUT2D eigenvalue weighted by molar-refractivity contribution is 4.94. The number of hydrogen-bond donors (Lipinski definition) is 1. The second kappa shape index (κ2) is 7.26. The molecule has 1 saturated carbocycles. The lowest BCUT2D eigenvalue weighted by Gasteiger charge is -2.48. The molecule has 0 radical (unpaired) electrons. The van der Waals surface area contributed by atoms with Gasteiger partial charge in [-0.1, -0.05) is 34.1 Å². The molecule has 1 aliphatic heterocycles. The first-order valence-corrected chi connectivity index (χ1v) is 9.03. The third-order valence-electron chi connectivity index (χ3n) is 5.56. The van der Waals surface area contributed by atoms with E-state index in [0.29, 0.717) is 5.41 Å². The number of rotatable bonds is 5. The van der Waals surface area contributed by atoms with Crippen molar-refractivity contribution < 1.29 is 0 Å². The fourth-order valence-corrected chi connectivity index (χ4v) is 4.33. The summed E-state index contributed by atoms with van der Waals surface area (Å²) < 4.78 is 0. The molecule has 0 aromatic carbocycles. The van der Waals surface area contributed by atoms with Crippen LogP contribution in [0, 0.1) is 11.3 Å². The SMILES string of the molecule is CCCNC1CCC(CC)CC1N1CCCC(C)(C)C1. The first-order valence-electron chi connectivity index (χ1n) is 9.03. The molecule has 2 rings (SSSR count). The molecule has 20 heavy (non-hydrogen) atoms. The summed E-state index contributed by atoms with van der Waals surface area (Å²) in [6.45, 7) is 13.4. The highest BCUT2D eigenvalue weighted by Crippen LogP contribution is 2.35.